The maximum atomic E-state index is 12.7. The Morgan fingerprint density at radius 3 is 2.32 bits per heavy atom. The molecule has 1 aromatic carbocycles. The van der Waals surface area contributed by atoms with Gasteiger partial charge in [0, 0.05) is 36.3 Å². The standard InChI is InChI=1S/C19H17Cl2N5O2/c20-14-5-11(12(8-22)9-23)6-15(21)17(14)19(28)25-13-3-4-24-16(7-13)26-18(27)10-1-2-10/h3-10,12,22-23H,1-2H2,(H2,24,25,26,27,28). The second kappa shape index (κ2) is 8.50. The Labute approximate surface area is 171 Å². The van der Waals surface area contributed by atoms with Gasteiger partial charge in [-0.2, -0.15) is 0 Å². The number of carbonyl (C=O) groups is 2. The van der Waals surface area contributed by atoms with Crippen LogP contribution < -0.4 is 10.6 Å². The molecule has 0 aliphatic heterocycles. The van der Waals surface area contributed by atoms with Crippen molar-refractivity contribution in [3.8, 4) is 0 Å². The average molecular weight is 418 g/mol. The van der Waals surface area contributed by atoms with Crippen molar-refractivity contribution in [3.05, 3.63) is 51.6 Å². The van der Waals surface area contributed by atoms with Crippen molar-refractivity contribution in [2.45, 2.75) is 18.8 Å². The fraction of sp³-hybridized carbons (Fsp3) is 0.211. The monoisotopic (exact) mass is 417 g/mol. The molecule has 1 aromatic heterocycles. The number of hydrogen-bond donors (Lipinski definition) is 4. The number of anilines is 2. The lowest BCUT2D eigenvalue weighted by molar-refractivity contribution is -0.117. The molecule has 1 aliphatic rings. The van der Waals surface area contributed by atoms with Gasteiger partial charge in [-0.1, -0.05) is 23.2 Å². The first-order valence-electron chi connectivity index (χ1n) is 8.51. The van der Waals surface area contributed by atoms with E-state index in [-0.39, 0.29) is 27.4 Å². The van der Waals surface area contributed by atoms with E-state index in [2.05, 4.69) is 15.6 Å². The minimum Gasteiger partial charge on any atom is -0.322 e. The highest BCUT2D eigenvalue weighted by molar-refractivity contribution is 6.40. The van der Waals surface area contributed by atoms with Gasteiger partial charge in [-0.15, -0.1) is 0 Å². The molecule has 28 heavy (non-hydrogen) atoms. The molecule has 7 nitrogen and oxygen atoms in total. The van der Waals surface area contributed by atoms with Crippen molar-refractivity contribution in [2.24, 2.45) is 5.92 Å². The number of nitrogens with one attached hydrogen (secondary N) is 4. The van der Waals surface area contributed by atoms with E-state index < -0.39 is 11.8 Å². The molecular formula is C19H17Cl2N5O2. The molecule has 4 N–H and O–H groups in total. The summed E-state index contributed by atoms with van der Waals surface area (Å²) in [5.41, 5.74) is 1.06. The van der Waals surface area contributed by atoms with Crippen molar-refractivity contribution < 1.29 is 9.59 Å². The highest BCUT2D eigenvalue weighted by Gasteiger charge is 2.29. The molecule has 0 spiro atoms. The average Bonchev–Trinajstić information content (AvgIpc) is 3.47. The molecule has 144 valence electrons. The van der Waals surface area contributed by atoms with Gasteiger partial charge in [0.15, 0.2) is 0 Å². The summed E-state index contributed by atoms with van der Waals surface area (Å²) in [5, 5.41) is 20.3. The molecule has 0 saturated heterocycles. The van der Waals surface area contributed by atoms with E-state index in [1.54, 1.807) is 12.1 Å². The molecule has 1 heterocycles. The third-order valence-electron chi connectivity index (χ3n) is 4.25. The van der Waals surface area contributed by atoms with Gasteiger partial charge < -0.3 is 21.5 Å². The third kappa shape index (κ3) is 4.55. The van der Waals surface area contributed by atoms with Crippen LogP contribution in [0.15, 0.2) is 30.5 Å². The van der Waals surface area contributed by atoms with E-state index in [4.69, 9.17) is 34.0 Å². The maximum absolute atomic E-state index is 12.7. The number of nitrogens with zero attached hydrogens (tertiary/aromatic N) is 1. The summed E-state index contributed by atoms with van der Waals surface area (Å²) in [7, 11) is 0. The van der Waals surface area contributed by atoms with E-state index in [9.17, 15) is 9.59 Å². The topological polar surface area (TPSA) is 119 Å². The molecule has 0 unspecified atom stereocenters. The van der Waals surface area contributed by atoms with E-state index in [0.717, 1.165) is 25.3 Å². The first-order valence-corrected chi connectivity index (χ1v) is 9.27. The lowest BCUT2D eigenvalue weighted by Gasteiger charge is -2.13. The summed E-state index contributed by atoms with van der Waals surface area (Å²) in [6, 6.07) is 6.16. The van der Waals surface area contributed by atoms with Gasteiger partial charge >= 0.3 is 0 Å². The molecule has 0 atom stereocenters. The predicted octanol–water partition coefficient (Wildman–Crippen LogP) is 4.37. The number of hydrogen-bond acceptors (Lipinski definition) is 5. The predicted molar refractivity (Wildman–Crippen MR) is 110 cm³/mol. The first kappa shape index (κ1) is 20.0. The van der Waals surface area contributed by atoms with Crippen LogP contribution in [0.25, 0.3) is 0 Å². The van der Waals surface area contributed by atoms with Crippen LogP contribution >= 0.6 is 23.2 Å². The van der Waals surface area contributed by atoms with Crippen LogP contribution in [0, 0.1) is 16.7 Å². The van der Waals surface area contributed by atoms with Crippen molar-refractivity contribution in [2.75, 3.05) is 10.6 Å². The van der Waals surface area contributed by atoms with Gasteiger partial charge in [0.1, 0.15) is 5.82 Å². The van der Waals surface area contributed by atoms with Crippen molar-refractivity contribution in [1.29, 1.82) is 10.8 Å². The molecule has 1 fully saturated rings. The lowest BCUT2D eigenvalue weighted by atomic mass is 10.00. The highest BCUT2D eigenvalue weighted by Crippen LogP contribution is 2.31. The van der Waals surface area contributed by atoms with Crippen molar-refractivity contribution in [1.82, 2.24) is 4.98 Å². The van der Waals surface area contributed by atoms with Crippen LogP contribution in [-0.4, -0.2) is 29.2 Å². The zero-order chi connectivity index (χ0) is 20.3. The van der Waals surface area contributed by atoms with Crippen LogP contribution in [0.2, 0.25) is 10.0 Å². The first-order chi connectivity index (χ1) is 13.4. The van der Waals surface area contributed by atoms with Gasteiger partial charge in [0.25, 0.3) is 5.91 Å². The second-order valence-corrected chi connectivity index (χ2v) is 7.18. The van der Waals surface area contributed by atoms with Gasteiger partial charge in [0.05, 0.1) is 21.5 Å². The molecule has 9 heteroatoms. The van der Waals surface area contributed by atoms with Crippen molar-refractivity contribution in [3.63, 3.8) is 0 Å². The molecular weight excluding hydrogens is 401 g/mol. The van der Waals surface area contributed by atoms with Crippen LogP contribution in [0.3, 0.4) is 0 Å². The SMILES string of the molecule is N=CC(C=N)c1cc(Cl)c(C(=O)Nc2ccnc(NC(=O)C3CC3)c2)c(Cl)c1. The van der Waals surface area contributed by atoms with E-state index >= 15 is 0 Å². The molecule has 1 aliphatic carbocycles. The van der Waals surface area contributed by atoms with Gasteiger partial charge in [-0.25, -0.2) is 4.98 Å². The molecule has 2 aromatic rings. The summed E-state index contributed by atoms with van der Waals surface area (Å²) in [5.74, 6) is -0.771. The number of benzene rings is 1. The molecule has 0 bridgehead atoms. The zero-order valence-electron chi connectivity index (χ0n) is 14.6. The highest BCUT2D eigenvalue weighted by atomic mass is 35.5. The van der Waals surface area contributed by atoms with Crippen LogP contribution in [0.5, 0.6) is 0 Å². The number of aromatic nitrogens is 1. The van der Waals surface area contributed by atoms with E-state index in [1.807, 2.05) is 0 Å². The largest absolute Gasteiger partial charge is 0.322 e. The number of amides is 2. The number of carbonyl (C=O) groups excluding carboxylic acids is 2. The number of pyridine rings is 1. The summed E-state index contributed by atoms with van der Waals surface area (Å²) in [6.07, 6.45) is 5.41. The Morgan fingerprint density at radius 1 is 1.11 bits per heavy atom. The zero-order valence-corrected chi connectivity index (χ0v) is 16.1. The quantitative estimate of drug-likeness (QED) is 0.500. The molecule has 1 saturated carbocycles. The minimum absolute atomic E-state index is 0.0435. The van der Waals surface area contributed by atoms with Gasteiger partial charge in [-0.3, -0.25) is 9.59 Å². The van der Waals surface area contributed by atoms with E-state index in [0.29, 0.717) is 17.1 Å². The van der Waals surface area contributed by atoms with Gasteiger partial charge in [-0.05, 0) is 36.6 Å². The van der Waals surface area contributed by atoms with Crippen LogP contribution in [0.1, 0.15) is 34.7 Å². The van der Waals surface area contributed by atoms with Crippen LogP contribution in [0.4, 0.5) is 11.5 Å². The number of halogens is 2. The minimum atomic E-state index is -0.565. The fourth-order valence-corrected chi connectivity index (χ4v) is 3.26. The number of rotatable bonds is 7. The Hall–Kier alpha value is -2.77. The Morgan fingerprint density at radius 2 is 1.75 bits per heavy atom. The summed E-state index contributed by atoms with van der Waals surface area (Å²) >= 11 is 12.5. The van der Waals surface area contributed by atoms with Crippen molar-refractivity contribution >= 4 is 59.0 Å². The summed E-state index contributed by atoms with van der Waals surface area (Å²) in [6.45, 7) is 0. The summed E-state index contributed by atoms with van der Waals surface area (Å²) in [4.78, 5) is 28.6. The third-order valence-corrected chi connectivity index (χ3v) is 4.85. The fourth-order valence-electron chi connectivity index (χ4n) is 2.59. The lowest BCUT2D eigenvalue weighted by Crippen LogP contribution is -2.16. The Bertz CT molecular complexity index is 928. The van der Waals surface area contributed by atoms with Crippen LogP contribution in [-0.2, 0) is 4.79 Å². The van der Waals surface area contributed by atoms with Gasteiger partial charge in [0.2, 0.25) is 5.91 Å². The normalized spacial score (nSPS) is 14.1. The Balaban J connectivity index is 1.78. The smallest absolute Gasteiger partial charge is 0.258 e. The molecule has 2 amide bonds. The summed E-state index contributed by atoms with van der Waals surface area (Å²) < 4.78 is 0. The molecule has 3 rings (SSSR count). The maximum Gasteiger partial charge on any atom is 0.258 e. The second-order valence-electron chi connectivity index (χ2n) is 6.37. The Kier molecular flexibility index (Phi) is 6.06. The van der Waals surface area contributed by atoms with E-state index in [1.165, 1.54) is 18.3 Å². The molecule has 0 radical (unpaired) electrons.